The highest BCUT2D eigenvalue weighted by atomic mass is 19.1. The number of aromatic nitrogens is 1. The van der Waals surface area contributed by atoms with Crippen LogP contribution >= 0.6 is 0 Å². The molecule has 0 spiro atoms. The van der Waals surface area contributed by atoms with Gasteiger partial charge in [0.25, 0.3) is 0 Å². The molecule has 0 aliphatic rings. The lowest BCUT2D eigenvalue weighted by atomic mass is 10.2. The van der Waals surface area contributed by atoms with Crippen molar-refractivity contribution in [3.05, 3.63) is 24.1 Å². The molecule has 0 bridgehead atoms. The molecule has 1 aromatic heterocycles. The van der Waals surface area contributed by atoms with E-state index >= 15 is 0 Å². The quantitative estimate of drug-likeness (QED) is 0.795. The Bertz CT molecular complexity index is 369. The number of anilines is 1. The second-order valence-corrected chi connectivity index (χ2v) is 4.21. The van der Waals surface area contributed by atoms with Crippen LogP contribution in [0.25, 0.3) is 0 Å². The maximum atomic E-state index is 13.1. The fourth-order valence-corrected chi connectivity index (χ4v) is 1.22. The van der Waals surface area contributed by atoms with E-state index in [1.165, 1.54) is 18.3 Å². The first-order chi connectivity index (χ1) is 8.09. The fourth-order valence-electron chi connectivity index (χ4n) is 1.22. The van der Waals surface area contributed by atoms with E-state index in [1.54, 1.807) is 0 Å². The molecule has 0 saturated carbocycles. The van der Waals surface area contributed by atoms with Crippen molar-refractivity contribution in [2.75, 3.05) is 18.4 Å². The zero-order chi connectivity index (χ0) is 12.7. The van der Waals surface area contributed by atoms with Crippen LogP contribution in [0.5, 0.6) is 0 Å². The van der Waals surface area contributed by atoms with E-state index in [-0.39, 0.29) is 11.7 Å². The Kier molecular flexibility index (Phi) is 5.39. The van der Waals surface area contributed by atoms with Gasteiger partial charge >= 0.3 is 0 Å². The first-order valence-corrected chi connectivity index (χ1v) is 5.70. The summed E-state index contributed by atoms with van der Waals surface area (Å²) in [7, 11) is 0. The number of rotatable bonds is 6. The molecule has 0 atom stereocenters. The van der Waals surface area contributed by atoms with Crippen molar-refractivity contribution in [2.45, 2.75) is 20.3 Å². The predicted octanol–water partition coefficient (Wildman–Crippen LogP) is 1.79. The molecule has 0 fully saturated rings. The van der Waals surface area contributed by atoms with Gasteiger partial charge in [-0.05, 0) is 18.1 Å². The summed E-state index contributed by atoms with van der Waals surface area (Å²) in [4.78, 5) is 15.2. The number of halogens is 1. The summed E-state index contributed by atoms with van der Waals surface area (Å²) in [6.45, 7) is 5.10. The molecule has 1 aromatic rings. The van der Waals surface area contributed by atoms with Crippen LogP contribution in [0.4, 0.5) is 10.2 Å². The van der Waals surface area contributed by atoms with Gasteiger partial charge in [0.05, 0.1) is 0 Å². The van der Waals surface area contributed by atoms with Gasteiger partial charge in [0, 0.05) is 25.7 Å². The topological polar surface area (TPSA) is 54.0 Å². The van der Waals surface area contributed by atoms with Gasteiger partial charge < -0.3 is 10.6 Å². The Balaban J connectivity index is 2.24. The minimum atomic E-state index is -0.407. The first kappa shape index (κ1) is 13.4. The van der Waals surface area contributed by atoms with E-state index in [1.807, 2.05) is 13.8 Å². The minimum absolute atomic E-state index is 0.0393. The lowest BCUT2D eigenvalue weighted by Gasteiger charge is -2.08. The third-order valence-electron chi connectivity index (χ3n) is 2.11. The van der Waals surface area contributed by atoms with Gasteiger partial charge in [0.15, 0.2) is 11.6 Å². The van der Waals surface area contributed by atoms with Crippen LogP contribution < -0.4 is 10.6 Å². The fraction of sp³-hybridized carbons (Fsp3) is 0.500. The van der Waals surface area contributed by atoms with Crippen LogP contribution in [0.3, 0.4) is 0 Å². The SMILES string of the molecule is CC(C)CNC(=O)CCNc1ncccc1F. The summed E-state index contributed by atoms with van der Waals surface area (Å²) in [5.74, 6) is 0.168. The lowest BCUT2D eigenvalue weighted by Crippen LogP contribution is -2.28. The molecule has 0 aliphatic carbocycles. The summed E-state index contributed by atoms with van der Waals surface area (Å²) in [5.41, 5.74) is 0. The summed E-state index contributed by atoms with van der Waals surface area (Å²) >= 11 is 0. The van der Waals surface area contributed by atoms with E-state index in [2.05, 4.69) is 15.6 Å². The molecule has 0 radical (unpaired) electrons. The molecule has 94 valence electrons. The van der Waals surface area contributed by atoms with Crippen LogP contribution in [0.1, 0.15) is 20.3 Å². The average molecular weight is 239 g/mol. The molecule has 1 heterocycles. The van der Waals surface area contributed by atoms with Crippen LogP contribution in [0.15, 0.2) is 18.3 Å². The minimum Gasteiger partial charge on any atom is -0.367 e. The van der Waals surface area contributed by atoms with Gasteiger partial charge in [0.1, 0.15) is 0 Å². The maximum Gasteiger partial charge on any atom is 0.221 e. The Morgan fingerprint density at radius 2 is 2.29 bits per heavy atom. The molecule has 2 N–H and O–H groups in total. The highest BCUT2D eigenvalue weighted by molar-refractivity contribution is 5.76. The predicted molar refractivity (Wildman–Crippen MR) is 65.1 cm³/mol. The number of hydrogen-bond donors (Lipinski definition) is 2. The first-order valence-electron chi connectivity index (χ1n) is 5.70. The maximum absolute atomic E-state index is 13.1. The van der Waals surface area contributed by atoms with Crippen molar-refractivity contribution in [1.82, 2.24) is 10.3 Å². The van der Waals surface area contributed by atoms with Gasteiger partial charge in [-0.1, -0.05) is 13.8 Å². The van der Waals surface area contributed by atoms with Gasteiger partial charge in [-0.25, -0.2) is 9.37 Å². The largest absolute Gasteiger partial charge is 0.367 e. The standard InChI is InChI=1S/C12H18FN3O/c1-9(2)8-16-11(17)5-7-15-12-10(13)4-3-6-14-12/h3-4,6,9H,5,7-8H2,1-2H3,(H,14,15)(H,16,17). The van der Waals surface area contributed by atoms with Gasteiger partial charge in [-0.2, -0.15) is 0 Å². The summed E-state index contributed by atoms with van der Waals surface area (Å²) < 4.78 is 13.1. The average Bonchev–Trinajstić information content (AvgIpc) is 2.29. The van der Waals surface area contributed by atoms with Crippen LogP contribution in [0, 0.1) is 11.7 Å². The second-order valence-electron chi connectivity index (χ2n) is 4.21. The number of carbonyl (C=O) groups is 1. The third kappa shape index (κ3) is 5.29. The van der Waals surface area contributed by atoms with Crippen LogP contribution in [-0.4, -0.2) is 24.0 Å². The van der Waals surface area contributed by atoms with Crippen molar-refractivity contribution in [2.24, 2.45) is 5.92 Å². The van der Waals surface area contributed by atoms with Crippen molar-refractivity contribution in [3.8, 4) is 0 Å². The molecule has 5 heteroatoms. The highest BCUT2D eigenvalue weighted by Gasteiger charge is 2.04. The third-order valence-corrected chi connectivity index (χ3v) is 2.11. The summed E-state index contributed by atoms with van der Waals surface area (Å²) in [6, 6.07) is 2.85. The highest BCUT2D eigenvalue weighted by Crippen LogP contribution is 2.07. The van der Waals surface area contributed by atoms with E-state index < -0.39 is 5.82 Å². The van der Waals surface area contributed by atoms with Crippen LogP contribution in [0.2, 0.25) is 0 Å². The molecule has 0 unspecified atom stereocenters. The Morgan fingerprint density at radius 1 is 1.53 bits per heavy atom. The van der Waals surface area contributed by atoms with E-state index in [0.717, 1.165) is 0 Å². The second kappa shape index (κ2) is 6.83. The molecular weight excluding hydrogens is 221 g/mol. The molecule has 0 aromatic carbocycles. The Labute approximate surface area is 101 Å². The molecule has 0 aliphatic heterocycles. The Morgan fingerprint density at radius 3 is 2.94 bits per heavy atom. The number of hydrogen-bond acceptors (Lipinski definition) is 3. The van der Waals surface area contributed by atoms with Gasteiger partial charge in [-0.3, -0.25) is 4.79 Å². The molecule has 4 nitrogen and oxygen atoms in total. The van der Waals surface area contributed by atoms with E-state index in [4.69, 9.17) is 0 Å². The smallest absolute Gasteiger partial charge is 0.221 e. The van der Waals surface area contributed by atoms with Crippen molar-refractivity contribution < 1.29 is 9.18 Å². The van der Waals surface area contributed by atoms with Crippen molar-refractivity contribution in [3.63, 3.8) is 0 Å². The number of nitrogens with zero attached hydrogens (tertiary/aromatic N) is 1. The number of amides is 1. The van der Waals surface area contributed by atoms with E-state index in [9.17, 15) is 9.18 Å². The lowest BCUT2D eigenvalue weighted by molar-refractivity contribution is -0.120. The summed E-state index contributed by atoms with van der Waals surface area (Å²) in [6.07, 6.45) is 1.81. The molecule has 0 saturated heterocycles. The number of nitrogens with one attached hydrogen (secondary N) is 2. The number of carbonyl (C=O) groups excluding carboxylic acids is 1. The monoisotopic (exact) mass is 239 g/mol. The van der Waals surface area contributed by atoms with Gasteiger partial charge in [0.2, 0.25) is 5.91 Å². The van der Waals surface area contributed by atoms with Gasteiger partial charge in [-0.15, -0.1) is 0 Å². The molecular formula is C12H18FN3O. The zero-order valence-electron chi connectivity index (χ0n) is 10.2. The van der Waals surface area contributed by atoms with E-state index in [0.29, 0.717) is 25.4 Å². The number of pyridine rings is 1. The summed E-state index contributed by atoms with van der Waals surface area (Å²) in [5, 5.41) is 5.57. The molecule has 1 amide bonds. The zero-order valence-corrected chi connectivity index (χ0v) is 10.2. The molecule has 1 rings (SSSR count). The molecule has 17 heavy (non-hydrogen) atoms. The van der Waals surface area contributed by atoms with Crippen LogP contribution in [-0.2, 0) is 4.79 Å². The van der Waals surface area contributed by atoms with Crippen molar-refractivity contribution in [1.29, 1.82) is 0 Å². The van der Waals surface area contributed by atoms with Crippen molar-refractivity contribution >= 4 is 11.7 Å². The normalized spacial score (nSPS) is 10.4. The Hall–Kier alpha value is -1.65.